The van der Waals surface area contributed by atoms with Gasteiger partial charge in [-0.05, 0) is 13.3 Å². The van der Waals surface area contributed by atoms with Crippen LogP contribution in [-0.4, -0.2) is 97.6 Å². The third-order valence-corrected chi connectivity index (χ3v) is 4.43. The van der Waals surface area contributed by atoms with Crippen LogP contribution >= 0.6 is 25.3 Å². The quantitative estimate of drug-likeness (QED) is 0.103. The number of aliphatic carboxylic acids is 4. The Kier molecular flexibility index (Phi) is 22.4. The molecule has 208 valence electrons. The lowest BCUT2D eigenvalue weighted by Crippen LogP contribution is -2.48. The maximum absolute atomic E-state index is 11.6. The van der Waals surface area contributed by atoms with Gasteiger partial charge in [0.2, 0.25) is 11.8 Å². The summed E-state index contributed by atoms with van der Waals surface area (Å²) in [5.74, 6) is -5.61. The standard InChI is InChI=1S/C11H18N2O6S.C6H12N2O3S.C2H4O2/c12-6(11(18)19)1-3-9(15)13-7(5-20)8(14)2-4-10(16)17;1-3(7)5(9)8-4(2-12)6(10)11;1-2(3)4/h6-7,20H,1-5,12H2,(H,13,15)(H,16,17)(H,18,19);3-4,12H,2,7H2,1H3,(H,8,9)(H,10,11);1H3,(H,3,4). The minimum absolute atomic E-state index is 0.0369. The summed E-state index contributed by atoms with van der Waals surface area (Å²) in [6, 6.07) is -3.69. The number of rotatable bonds is 14. The Hall–Kier alpha value is -2.89. The van der Waals surface area contributed by atoms with Crippen LogP contribution in [0.3, 0.4) is 0 Å². The highest BCUT2D eigenvalue weighted by atomic mass is 32.1. The number of hydrogen-bond acceptors (Lipinski definition) is 11. The zero-order valence-corrected chi connectivity index (χ0v) is 21.5. The van der Waals surface area contributed by atoms with Crippen molar-refractivity contribution in [2.45, 2.75) is 63.7 Å². The maximum atomic E-state index is 11.6. The number of carboxylic acids is 4. The summed E-state index contributed by atoms with van der Waals surface area (Å²) in [4.78, 5) is 74.2. The number of thiol groups is 2. The summed E-state index contributed by atoms with van der Waals surface area (Å²) < 4.78 is 0. The molecule has 36 heavy (non-hydrogen) atoms. The molecule has 0 saturated heterocycles. The molecule has 0 radical (unpaired) electrons. The Labute approximate surface area is 218 Å². The Morgan fingerprint density at radius 3 is 1.58 bits per heavy atom. The predicted molar refractivity (Wildman–Crippen MR) is 133 cm³/mol. The van der Waals surface area contributed by atoms with E-state index >= 15 is 0 Å². The summed E-state index contributed by atoms with van der Waals surface area (Å²) in [5.41, 5.74) is 10.5. The van der Waals surface area contributed by atoms with Crippen LogP contribution in [0.4, 0.5) is 0 Å². The molecule has 4 unspecified atom stereocenters. The van der Waals surface area contributed by atoms with Crippen molar-refractivity contribution in [1.82, 2.24) is 10.6 Å². The third-order valence-electron chi connectivity index (χ3n) is 3.70. The number of amides is 2. The fraction of sp³-hybridized carbons (Fsp3) is 0.632. The van der Waals surface area contributed by atoms with Crippen molar-refractivity contribution in [3.63, 3.8) is 0 Å². The van der Waals surface area contributed by atoms with E-state index in [1.807, 2.05) is 0 Å². The van der Waals surface area contributed by atoms with Gasteiger partial charge in [-0.1, -0.05) is 0 Å². The molecule has 0 aliphatic heterocycles. The summed E-state index contributed by atoms with van der Waals surface area (Å²) >= 11 is 7.68. The second-order valence-electron chi connectivity index (χ2n) is 7.04. The molecule has 0 saturated carbocycles. The minimum Gasteiger partial charge on any atom is -0.481 e. The number of nitrogens with one attached hydrogen (secondary N) is 2. The van der Waals surface area contributed by atoms with Crippen LogP contribution in [0.2, 0.25) is 0 Å². The van der Waals surface area contributed by atoms with E-state index < -0.39 is 65.6 Å². The molecular weight excluding hydrogens is 524 g/mol. The van der Waals surface area contributed by atoms with Gasteiger partial charge in [-0.25, -0.2) is 4.79 Å². The molecular formula is C19H34N4O11S2. The average Bonchev–Trinajstić information content (AvgIpc) is 2.76. The molecule has 0 aliphatic rings. The number of carboxylic acid groups (broad SMARTS) is 4. The van der Waals surface area contributed by atoms with Crippen LogP contribution in [-0.2, 0) is 33.6 Å². The lowest BCUT2D eigenvalue weighted by Gasteiger charge is -2.15. The van der Waals surface area contributed by atoms with E-state index in [-0.39, 0.29) is 37.2 Å². The first kappa shape index (κ1) is 37.7. The normalized spacial score (nSPS) is 13.1. The van der Waals surface area contributed by atoms with Gasteiger partial charge in [0.15, 0.2) is 5.78 Å². The van der Waals surface area contributed by atoms with Crippen LogP contribution in [0.25, 0.3) is 0 Å². The zero-order chi connectivity index (χ0) is 29.0. The summed E-state index contributed by atoms with van der Waals surface area (Å²) in [7, 11) is 0. The monoisotopic (exact) mass is 558 g/mol. The molecule has 10 N–H and O–H groups in total. The summed E-state index contributed by atoms with van der Waals surface area (Å²) in [5, 5.41) is 37.5. The zero-order valence-electron chi connectivity index (χ0n) is 19.7. The van der Waals surface area contributed by atoms with Gasteiger partial charge in [-0.3, -0.25) is 28.8 Å². The van der Waals surface area contributed by atoms with Gasteiger partial charge in [0.05, 0.1) is 18.5 Å². The molecule has 15 nitrogen and oxygen atoms in total. The van der Waals surface area contributed by atoms with E-state index in [1.54, 1.807) is 0 Å². The van der Waals surface area contributed by atoms with Crippen LogP contribution in [0.5, 0.6) is 0 Å². The second-order valence-corrected chi connectivity index (χ2v) is 7.77. The Balaban J connectivity index is -0.000000574. The molecule has 0 heterocycles. The first-order valence-electron chi connectivity index (χ1n) is 10.2. The SMILES string of the molecule is CC(=O)O.CC(N)C(=O)NC(CS)C(=O)O.NC(CCC(=O)NC(CS)C(=O)CCC(=O)O)C(=O)O. The molecule has 0 aromatic heterocycles. The van der Waals surface area contributed by atoms with E-state index in [2.05, 4.69) is 35.9 Å². The second kappa shape index (κ2) is 21.4. The number of nitrogens with two attached hydrogens (primary N) is 2. The first-order chi connectivity index (χ1) is 16.5. The summed E-state index contributed by atoms with van der Waals surface area (Å²) in [6.07, 6.45) is -0.702. The van der Waals surface area contributed by atoms with Crippen molar-refractivity contribution < 1.29 is 54.0 Å². The molecule has 0 spiro atoms. The van der Waals surface area contributed by atoms with E-state index in [4.69, 9.17) is 36.7 Å². The first-order valence-corrected chi connectivity index (χ1v) is 11.5. The van der Waals surface area contributed by atoms with Gasteiger partial charge in [0.1, 0.15) is 12.1 Å². The van der Waals surface area contributed by atoms with E-state index in [9.17, 15) is 28.8 Å². The molecule has 4 atom stereocenters. The highest BCUT2D eigenvalue weighted by Crippen LogP contribution is 2.01. The summed E-state index contributed by atoms with van der Waals surface area (Å²) in [6.45, 7) is 2.56. The lowest BCUT2D eigenvalue weighted by atomic mass is 10.1. The molecule has 0 rings (SSSR count). The number of ketones is 1. The predicted octanol–water partition coefficient (Wildman–Crippen LogP) is -2.05. The van der Waals surface area contributed by atoms with Gasteiger partial charge in [0, 0.05) is 31.3 Å². The third kappa shape index (κ3) is 22.9. The molecule has 0 aromatic rings. The van der Waals surface area contributed by atoms with Gasteiger partial charge in [0.25, 0.3) is 5.97 Å². The maximum Gasteiger partial charge on any atom is 0.327 e. The van der Waals surface area contributed by atoms with Gasteiger partial charge < -0.3 is 42.5 Å². The van der Waals surface area contributed by atoms with Crippen molar-refractivity contribution in [2.75, 3.05) is 11.5 Å². The number of Topliss-reactive ketones (excluding diaryl/α,β-unsaturated/α-hetero) is 1. The van der Waals surface area contributed by atoms with Crippen LogP contribution < -0.4 is 22.1 Å². The van der Waals surface area contributed by atoms with Gasteiger partial charge in [-0.2, -0.15) is 25.3 Å². The van der Waals surface area contributed by atoms with Crippen molar-refractivity contribution in [3.8, 4) is 0 Å². The highest BCUT2D eigenvalue weighted by Gasteiger charge is 2.21. The van der Waals surface area contributed by atoms with Gasteiger partial charge >= 0.3 is 17.9 Å². The largest absolute Gasteiger partial charge is 0.481 e. The molecule has 0 bridgehead atoms. The topological polar surface area (TPSA) is 277 Å². The van der Waals surface area contributed by atoms with E-state index in [0.29, 0.717) is 0 Å². The fourth-order valence-electron chi connectivity index (χ4n) is 1.80. The molecule has 0 fully saturated rings. The molecule has 17 heteroatoms. The average molecular weight is 559 g/mol. The van der Waals surface area contributed by atoms with Crippen LogP contribution in [0.15, 0.2) is 0 Å². The van der Waals surface area contributed by atoms with Crippen molar-refractivity contribution in [2.24, 2.45) is 11.5 Å². The Morgan fingerprint density at radius 2 is 1.25 bits per heavy atom. The molecule has 2 amide bonds. The smallest absolute Gasteiger partial charge is 0.327 e. The van der Waals surface area contributed by atoms with Gasteiger partial charge in [-0.15, -0.1) is 0 Å². The number of carbonyl (C=O) groups excluding carboxylic acids is 3. The van der Waals surface area contributed by atoms with Crippen molar-refractivity contribution >= 4 is 66.7 Å². The van der Waals surface area contributed by atoms with Crippen LogP contribution in [0, 0.1) is 0 Å². The Morgan fingerprint density at radius 1 is 0.778 bits per heavy atom. The number of hydrogen-bond donors (Lipinski definition) is 10. The van der Waals surface area contributed by atoms with E-state index in [1.165, 1.54) is 6.92 Å². The minimum atomic E-state index is -1.21. The number of carbonyl (C=O) groups is 7. The Bertz CT molecular complexity index is 762. The van der Waals surface area contributed by atoms with Crippen LogP contribution in [0.1, 0.15) is 39.5 Å². The van der Waals surface area contributed by atoms with Crippen molar-refractivity contribution in [1.29, 1.82) is 0 Å². The highest BCUT2D eigenvalue weighted by molar-refractivity contribution is 7.80. The lowest BCUT2D eigenvalue weighted by molar-refractivity contribution is -0.141. The molecule has 0 aromatic carbocycles. The van der Waals surface area contributed by atoms with Crippen molar-refractivity contribution in [3.05, 3.63) is 0 Å². The fourth-order valence-corrected chi connectivity index (χ4v) is 2.34. The van der Waals surface area contributed by atoms with E-state index in [0.717, 1.165) is 6.92 Å². The molecule has 0 aliphatic carbocycles.